The lowest BCUT2D eigenvalue weighted by molar-refractivity contribution is 0.0934. The fourth-order valence-electron chi connectivity index (χ4n) is 1.83. The van der Waals surface area contributed by atoms with Gasteiger partial charge in [0.05, 0.1) is 12.7 Å². The van der Waals surface area contributed by atoms with E-state index < -0.39 is 0 Å². The molecule has 2 N–H and O–H groups in total. The number of carbonyl (C=O) groups excluding carboxylic acids is 1. The summed E-state index contributed by atoms with van der Waals surface area (Å²) in [6.45, 7) is 6.28. The van der Waals surface area contributed by atoms with Crippen LogP contribution in [0.15, 0.2) is 18.2 Å². The molecule has 1 rings (SSSR count). The van der Waals surface area contributed by atoms with Crippen molar-refractivity contribution >= 4 is 5.91 Å². The second kappa shape index (κ2) is 7.02. The first-order valence-electron chi connectivity index (χ1n) is 6.62. The Kier molecular flexibility index (Phi) is 5.67. The minimum absolute atomic E-state index is 0.0838. The molecule has 19 heavy (non-hydrogen) atoms. The first-order valence-corrected chi connectivity index (χ1v) is 6.62. The average Bonchev–Trinajstić information content (AvgIpc) is 2.36. The van der Waals surface area contributed by atoms with E-state index in [1.807, 2.05) is 6.92 Å². The molecule has 0 radical (unpaired) electrons. The zero-order valence-electron chi connectivity index (χ0n) is 12.1. The number of hydrogen-bond donors (Lipinski definition) is 2. The predicted octanol–water partition coefficient (Wildman–Crippen LogP) is 2.96. The molecule has 0 aliphatic rings. The van der Waals surface area contributed by atoms with Crippen molar-refractivity contribution < 1.29 is 14.6 Å². The van der Waals surface area contributed by atoms with Crippen LogP contribution in [-0.4, -0.2) is 24.2 Å². The van der Waals surface area contributed by atoms with Gasteiger partial charge in [-0.15, -0.1) is 0 Å². The summed E-state index contributed by atoms with van der Waals surface area (Å²) in [5.74, 6) is 0.540. The minimum atomic E-state index is -0.271. The number of nitrogens with one attached hydrogen (secondary N) is 1. The smallest absolute Gasteiger partial charge is 0.255 e. The summed E-state index contributed by atoms with van der Waals surface area (Å²) in [7, 11) is 1.46. The molecule has 1 amide bonds. The van der Waals surface area contributed by atoms with E-state index >= 15 is 0 Å². The van der Waals surface area contributed by atoms with Crippen molar-refractivity contribution in [3.8, 4) is 11.5 Å². The molecule has 0 heterocycles. The van der Waals surface area contributed by atoms with Gasteiger partial charge >= 0.3 is 0 Å². The van der Waals surface area contributed by atoms with Gasteiger partial charge in [-0.3, -0.25) is 4.79 Å². The van der Waals surface area contributed by atoms with Gasteiger partial charge in [-0.1, -0.05) is 19.9 Å². The molecule has 1 atom stereocenters. The van der Waals surface area contributed by atoms with Gasteiger partial charge < -0.3 is 15.2 Å². The average molecular weight is 265 g/mol. The van der Waals surface area contributed by atoms with Gasteiger partial charge in [-0.05, 0) is 37.8 Å². The molecule has 0 aromatic heterocycles. The summed E-state index contributed by atoms with van der Waals surface area (Å²) in [5, 5.41) is 12.8. The first kappa shape index (κ1) is 15.3. The number of benzene rings is 1. The van der Waals surface area contributed by atoms with Crippen molar-refractivity contribution in [1.29, 1.82) is 0 Å². The fourth-order valence-corrected chi connectivity index (χ4v) is 1.83. The van der Waals surface area contributed by atoms with Crippen molar-refractivity contribution in [1.82, 2.24) is 5.32 Å². The molecule has 0 aliphatic carbocycles. The Labute approximate surface area is 114 Å². The quantitative estimate of drug-likeness (QED) is 0.831. The summed E-state index contributed by atoms with van der Waals surface area (Å²) in [6.07, 6.45) is 1.99. The van der Waals surface area contributed by atoms with Gasteiger partial charge in [0.2, 0.25) is 0 Å². The Morgan fingerprint density at radius 3 is 2.58 bits per heavy atom. The van der Waals surface area contributed by atoms with Gasteiger partial charge in [0.15, 0.2) is 11.5 Å². The monoisotopic (exact) mass is 265 g/mol. The molecule has 1 unspecified atom stereocenters. The van der Waals surface area contributed by atoms with Crippen LogP contribution in [0.1, 0.15) is 44.0 Å². The van der Waals surface area contributed by atoms with Crippen LogP contribution >= 0.6 is 0 Å². The summed E-state index contributed by atoms with van der Waals surface area (Å²) in [4.78, 5) is 12.1. The van der Waals surface area contributed by atoms with Crippen molar-refractivity contribution in [2.24, 2.45) is 5.92 Å². The molecule has 1 aromatic carbocycles. The second-order valence-corrected chi connectivity index (χ2v) is 5.20. The number of rotatable bonds is 6. The maximum Gasteiger partial charge on any atom is 0.255 e. The lowest BCUT2D eigenvalue weighted by Crippen LogP contribution is -2.32. The van der Waals surface area contributed by atoms with E-state index in [9.17, 15) is 9.90 Å². The van der Waals surface area contributed by atoms with Crippen LogP contribution in [0.5, 0.6) is 11.5 Å². The van der Waals surface area contributed by atoms with Crippen molar-refractivity contribution in [3.05, 3.63) is 23.8 Å². The number of aromatic hydroxyl groups is 1. The Morgan fingerprint density at radius 1 is 1.32 bits per heavy atom. The molecule has 0 saturated heterocycles. The third-order valence-electron chi connectivity index (χ3n) is 3.02. The Morgan fingerprint density at radius 2 is 2.00 bits per heavy atom. The lowest BCUT2D eigenvalue weighted by atomic mass is 10.0. The molecule has 0 saturated carbocycles. The molecule has 0 bridgehead atoms. The molecule has 4 heteroatoms. The van der Waals surface area contributed by atoms with Gasteiger partial charge in [-0.25, -0.2) is 0 Å². The van der Waals surface area contributed by atoms with E-state index in [0.717, 1.165) is 12.8 Å². The summed E-state index contributed by atoms with van der Waals surface area (Å²) < 4.78 is 4.99. The summed E-state index contributed by atoms with van der Waals surface area (Å²) in [5.41, 5.74) is 0.246. The first-order chi connectivity index (χ1) is 8.95. The van der Waals surface area contributed by atoms with Crippen LogP contribution in [0.3, 0.4) is 0 Å². The van der Waals surface area contributed by atoms with Crippen LogP contribution in [0.2, 0.25) is 0 Å². The third kappa shape index (κ3) is 4.47. The van der Waals surface area contributed by atoms with Crippen molar-refractivity contribution in [2.75, 3.05) is 7.11 Å². The second-order valence-electron chi connectivity index (χ2n) is 5.20. The SMILES string of the molecule is COc1cccc(C(=O)NC(C)CCC(C)C)c1O. The topological polar surface area (TPSA) is 58.6 Å². The molecule has 0 aliphatic heterocycles. The van der Waals surface area contributed by atoms with Crippen LogP contribution < -0.4 is 10.1 Å². The van der Waals surface area contributed by atoms with Gasteiger partial charge in [0.1, 0.15) is 0 Å². The standard InChI is InChI=1S/C15H23NO3/c1-10(2)8-9-11(3)16-15(18)12-6-5-7-13(19-4)14(12)17/h5-7,10-11,17H,8-9H2,1-4H3,(H,16,18). The van der Waals surface area contributed by atoms with Gasteiger partial charge in [0, 0.05) is 6.04 Å². The van der Waals surface area contributed by atoms with Gasteiger partial charge in [-0.2, -0.15) is 0 Å². The highest BCUT2D eigenvalue weighted by molar-refractivity contribution is 5.97. The van der Waals surface area contributed by atoms with Crippen LogP contribution in [0.25, 0.3) is 0 Å². The molecule has 1 aromatic rings. The Hall–Kier alpha value is -1.71. The number of phenols is 1. The van der Waals surface area contributed by atoms with Crippen molar-refractivity contribution in [2.45, 2.75) is 39.7 Å². The highest BCUT2D eigenvalue weighted by atomic mass is 16.5. The number of carbonyl (C=O) groups is 1. The van der Waals surface area contributed by atoms with Crippen molar-refractivity contribution in [3.63, 3.8) is 0 Å². The molecule has 0 fully saturated rings. The fraction of sp³-hybridized carbons (Fsp3) is 0.533. The highest BCUT2D eigenvalue weighted by Gasteiger charge is 2.16. The Balaban J connectivity index is 2.68. The number of para-hydroxylation sites is 1. The van der Waals surface area contributed by atoms with Crippen LogP contribution in [0, 0.1) is 5.92 Å². The maximum absolute atomic E-state index is 12.1. The predicted molar refractivity (Wildman–Crippen MR) is 75.7 cm³/mol. The zero-order chi connectivity index (χ0) is 14.4. The van der Waals surface area contributed by atoms with E-state index in [1.54, 1.807) is 18.2 Å². The number of phenolic OH excluding ortho intramolecular Hbond substituents is 1. The largest absolute Gasteiger partial charge is 0.504 e. The number of methoxy groups -OCH3 is 1. The maximum atomic E-state index is 12.1. The third-order valence-corrected chi connectivity index (χ3v) is 3.02. The highest BCUT2D eigenvalue weighted by Crippen LogP contribution is 2.29. The van der Waals surface area contributed by atoms with E-state index in [2.05, 4.69) is 19.2 Å². The van der Waals surface area contributed by atoms with E-state index in [-0.39, 0.29) is 23.3 Å². The van der Waals surface area contributed by atoms with Crippen LogP contribution in [-0.2, 0) is 0 Å². The molecule has 0 spiro atoms. The lowest BCUT2D eigenvalue weighted by Gasteiger charge is -2.16. The molecular weight excluding hydrogens is 242 g/mol. The number of hydrogen-bond acceptors (Lipinski definition) is 3. The number of ether oxygens (including phenoxy) is 1. The summed E-state index contributed by atoms with van der Waals surface area (Å²) in [6, 6.07) is 4.98. The normalized spacial score (nSPS) is 12.3. The van der Waals surface area contributed by atoms with Gasteiger partial charge in [0.25, 0.3) is 5.91 Å². The molecular formula is C15H23NO3. The summed E-state index contributed by atoms with van der Waals surface area (Å²) >= 11 is 0. The number of amides is 1. The molecule has 106 valence electrons. The zero-order valence-corrected chi connectivity index (χ0v) is 12.1. The van der Waals surface area contributed by atoms with E-state index in [4.69, 9.17) is 4.74 Å². The molecule has 4 nitrogen and oxygen atoms in total. The Bertz CT molecular complexity index is 429. The van der Waals surface area contributed by atoms with E-state index in [0.29, 0.717) is 11.7 Å². The minimum Gasteiger partial charge on any atom is -0.504 e. The van der Waals surface area contributed by atoms with E-state index in [1.165, 1.54) is 7.11 Å². The van der Waals surface area contributed by atoms with Crippen LogP contribution in [0.4, 0.5) is 0 Å².